The standard InChI is InChI=1S/C19H18ClN5O2/c1-12-23-16(19(26)22-11-14-5-3-4-8-21-14)10-18(24-12)25-13-6-7-17(27-2)15(20)9-13/h3-10H,11H2,1-2H3,(H,22,26)(H,23,24,25). The molecule has 27 heavy (non-hydrogen) atoms. The normalized spacial score (nSPS) is 10.3. The maximum Gasteiger partial charge on any atom is 0.270 e. The third-order valence-electron chi connectivity index (χ3n) is 3.65. The van der Waals surface area contributed by atoms with E-state index in [0.29, 0.717) is 29.0 Å². The van der Waals surface area contributed by atoms with Gasteiger partial charge in [-0.3, -0.25) is 9.78 Å². The molecule has 0 aliphatic rings. The van der Waals surface area contributed by atoms with Crippen LogP contribution in [-0.4, -0.2) is 28.0 Å². The molecule has 3 rings (SSSR count). The van der Waals surface area contributed by atoms with E-state index in [1.54, 1.807) is 38.4 Å². The van der Waals surface area contributed by atoms with Crippen LogP contribution >= 0.6 is 11.6 Å². The second-order valence-corrected chi connectivity index (χ2v) is 6.07. The van der Waals surface area contributed by atoms with Crippen molar-refractivity contribution >= 4 is 29.0 Å². The molecule has 0 spiro atoms. The van der Waals surface area contributed by atoms with Gasteiger partial charge >= 0.3 is 0 Å². The SMILES string of the molecule is COc1ccc(Nc2cc(C(=O)NCc3ccccn3)nc(C)n2)cc1Cl. The van der Waals surface area contributed by atoms with Crippen molar-refractivity contribution in [2.45, 2.75) is 13.5 Å². The number of aryl methyl sites for hydroxylation is 1. The number of pyridine rings is 1. The molecule has 8 heteroatoms. The first kappa shape index (κ1) is 18.6. The van der Waals surface area contributed by atoms with Gasteiger partial charge in [0.05, 0.1) is 24.4 Å². The number of rotatable bonds is 6. The lowest BCUT2D eigenvalue weighted by Crippen LogP contribution is -2.24. The van der Waals surface area contributed by atoms with Gasteiger partial charge in [-0.1, -0.05) is 17.7 Å². The van der Waals surface area contributed by atoms with E-state index >= 15 is 0 Å². The van der Waals surface area contributed by atoms with Crippen molar-refractivity contribution in [3.8, 4) is 5.75 Å². The van der Waals surface area contributed by atoms with Gasteiger partial charge in [-0.25, -0.2) is 9.97 Å². The summed E-state index contributed by atoms with van der Waals surface area (Å²) in [4.78, 5) is 25.1. The van der Waals surface area contributed by atoms with Gasteiger partial charge in [0.2, 0.25) is 0 Å². The number of nitrogens with zero attached hydrogens (tertiary/aromatic N) is 3. The van der Waals surface area contributed by atoms with Crippen LogP contribution in [0.25, 0.3) is 0 Å². The third kappa shape index (κ3) is 4.92. The van der Waals surface area contributed by atoms with Crippen molar-refractivity contribution < 1.29 is 9.53 Å². The molecule has 0 aliphatic carbocycles. The molecule has 0 unspecified atom stereocenters. The Bertz CT molecular complexity index is 950. The third-order valence-corrected chi connectivity index (χ3v) is 3.95. The molecule has 0 aliphatic heterocycles. The van der Waals surface area contributed by atoms with Gasteiger partial charge in [0.25, 0.3) is 5.91 Å². The van der Waals surface area contributed by atoms with Crippen LogP contribution in [0.5, 0.6) is 5.75 Å². The van der Waals surface area contributed by atoms with E-state index in [4.69, 9.17) is 16.3 Å². The minimum absolute atomic E-state index is 0.264. The first-order valence-corrected chi connectivity index (χ1v) is 8.57. The van der Waals surface area contributed by atoms with Crippen molar-refractivity contribution in [2.24, 2.45) is 0 Å². The lowest BCUT2D eigenvalue weighted by atomic mass is 10.3. The number of halogens is 1. The number of nitrogens with one attached hydrogen (secondary N) is 2. The molecule has 0 atom stereocenters. The summed E-state index contributed by atoms with van der Waals surface area (Å²) in [5.74, 6) is 1.24. The highest BCUT2D eigenvalue weighted by molar-refractivity contribution is 6.32. The zero-order valence-electron chi connectivity index (χ0n) is 14.9. The monoisotopic (exact) mass is 383 g/mol. The first-order valence-electron chi connectivity index (χ1n) is 8.19. The van der Waals surface area contributed by atoms with Crippen molar-refractivity contribution in [3.05, 3.63) is 70.9 Å². The van der Waals surface area contributed by atoms with Gasteiger partial charge in [-0.05, 0) is 37.3 Å². The Morgan fingerprint density at radius 3 is 2.74 bits per heavy atom. The minimum atomic E-state index is -0.304. The van der Waals surface area contributed by atoms with E-state index in [-0.39, 0.29) is 11.6 Å². The van der Waals surface area contributed by atoms with Crippen LogP contribution in [0.1, 0.15) is 22.0 Å². The summed E-state index contributed by atoms with van der Waals surface area (Å²) in [5.41, 5.74) is 1.75. The molecule has 0 bridgehead atoms. The second kappa shape index (κ2) is 8.46. The topological polar surface area (TPSA) is 89.0 Å². The molecule has 2 aromatic heterocycles. The number of aromatic nitrogens is 3. The Morgan fingerprint density at radius 1 is 1.19 bits per heavy atom. The van der Waals surface area contributed by atoms with E-state index < -0.39 is 0 Å². The number of benzene rings is 1. The van der Waals surface area contributed by atoms with E-state index in [0.717, 1.165) is 11.4 Å². The summed E-state index contributed by atoms with van der Waals surface area (Å²) in [5, 5.41) is 6.40. The highest BCUT2D eigenvalue weighted by Gasteiger charge is 2.11. The molecule has 2 heterocycles. The van der Waals surface area contributed by atoms with Crippen LogP contribution in [0, 0.1) is 6.92 Å². The summed E-state index contributed by atoms with van der Waals surface area (Å²) in [6.07, 6.45) is 1.68. The molecule has 0 saturated heterocycles. The summed E-state index contributed by atoms with van der Waals surface area (Å²) < 4.78 is 5.14. The van der Waals surface area contributed by atoms with Gasteiger partial charge in [0.15, 0.2) is 0 Å². The fourth-order valence-corrected chi connectivity index (χ4v) is 2.66. The van der Waals surface area contributed by atoms with Crippen LogP contribution in [0.15, 0.2) is 48.7 Å². The van der Waals surface area contributed by atoms with Gasteiger partial charge in [0, 0.05) is 18.0 Å². The Balaban J connectivity index is 1.73. The van der Waals surface area contributed by atoms with Crippen molar-refractivity contribution in [3.63, 3.8) is 0 Å². The minimum Gasteiger partial charge on any atom is -0.495 e. The van der Waals surface area contributed by atoms with Crippen LogP contribution in [0.2, 0.25) is 5.02 Å². The number of hydrogen-bond donors (Lipinski definition) is 2. The van der Waals surface area contributed by atoms with Crippen LogP contribution in [0.4, 0.5) is 11.5 Å². The molecule has 1 aromatic carbocycles. The quantitative estimate of drug-likeness (QED) is 0.677. The molecule has 138 valence electrons. The molecular weight excluding hydrogens is 366 g/mol. The molecule has 0 fully saturated rings. The molecular formula is C19H18ClN5O2. The Hall–Kier alpha value is -3.19. The average molecular weight is 384 g/mol. The number of methoxy groups -OCH3 is 1. The fraction of sp³-hybridized carbons (Fsp3) is 0.158. The Morgan fingerprint density at radius 2 is 2.04 bits per heavy atom. The van der Waals surface area contributed by atoms with Gasteiger partial charge < -0.3 is 15.4 Å². The van der Waals surface area contributed by atoms with Crippen molar-refractivity contribution in [2.75, 3.05) is 12.4 Å². The number of ether oxygens (including phenoxy) is 1. The molecule has 7 nitrogen and oxygen atoms in total. The largest absolute Gasteiger partial charge is 0.495 e. The second-order valence-electron chi connectivity index (χ2n) is 5.66. The number of carbonyl (C=O) groups excluding carboxylic acids is 1. The summed E-state index contributed by atoms with van der Waals surface area (Å²) in [7, 11) is 1.55. The fourth-order valence-electron chi connectivity index (χ4n) is 2.40. The number of amides is 1. The average Bonchev–Trinajstić information content (AvgIpc) is 2.66. The predicted octanol–water partition coefficient (Wildman–Crippen LogP) is 3.52. The van der Waals surface area contributed by atoms with E-state index in [9.17, 15) is 4.79 Å². The molecule has 2 N–H and O–H groups in total. The predicted molar refractivity (Wildman–Crippen MR) is 103 cm³/mol. The molecule has 0 saturated carbocycles. The van der Waals surface area contributed by atoms with Gasteiger partial charge in [0.1, 0.15) is 23.1 Å². The maximum absolute atomic E-state index is 12.4. The lowest BCUT2D eigenvalue weighted by molar-refractivity contribution is 0.0945. The zero-order chi connectivity index (χ0) is 19.2. The summed E-state index contributed by atoms with van der Waals surface area (Å²) in [6.45, 7) is 2.04. The first-order chi connectivity index (χ1) is 13.0. The van der Waals surface area contributed by atoms with Gasteiger partial charge in [-0.15, -0.1) is 0 Å². The van der Waals surface area contributed by atoms with Gasteiger partial charge in [-0.2, -0.15) is 0 Å². The smallest absolute Gasteiger partial charge is 0.270 e. The summed E-state index contributed by atoms with van der Waals surface area (Å²) in [6, 6.07) is 12.4. The number of hydrogen-bond acceptors (Lipinski definition) is 6. The zero-order valence-corrected chi connectivity index (χ0v) is 15.6. The van der Waals surface area contributed by atoms with E-state index in [1.807, 2.05) is 24.3 Å². The van der Waals surface area contributed by atoms with Crippen LogP contribution in [0.3, 0.4) is 0 Å². The molecule has 3 aromatic rings. The van der Waals surface area contributed by atoms with Crippen molar-refractivity contribution in [1.29, 1.82) is 0 Å². The van der Waals surface area contributed by atoms with Crippen LogP contribution in [-0.2, 0) is 6.54 Å². The summed E-state index contributed by atoms with van der Waals surface area (Å²) >= 11 is 6.14. The molecule has 0 radical (unpaired) electrons. The maximum atomic E-state index is 12.4. The van der Waals surface area contributed by atoms with Crippen LogP contribution < -0.4 is 15.4 Å². The highest BCUT2D eigenvalue weighted by Crippen LogP contribution is 2.28. The van der Waals surface area contributed by atoms with E-state index in [1.165, 1.54) is 0 Å². The van der Waals surface area contributed by atoms with E-state index in [2.05, 4.69) is 25.6 Å². The number of anilines is 2. The number of carbonyl (C=O) groups is 1. The Kier molecular flexibility index (Phi) is 5.83. The van der Waals surface area contributed by atoms with Crippen molar-refractivity contribution in [1.82, 2.24) is 20.3 Å². The highest BCUT2D eigenvalue weighted by atomic mass is 35.5. The lowest BCUT2D eigenvalue weighted by Gasteiger charge is -2.10. The Labute approximate surface area is 161 Å². The molecule has 1 amide bonds.